The van der Waals surface area contributed by atoms with Crippen LogP contribution >= 0.6 is 0 Å². The predicted molar refractivity (Wildman–Crippen MR) is 81.2 cm³/mol. The van der Waals surface area contributed by atoms with E-state index in [4.69, 9.17) is 9.47 Å². The molecule has 3 nitrogen and oxygen atoms in total. The number of hydrogen-bond donors (Lipinski definition) is 0. The van der Waals surface area contributed by atoms with Gasteiger partial charge in [0.1, 0.15) is 11.4 Å². The monoisotopic (exact) mass is 278 g/mol. The molecule has 0 fully saturated rings. The quantitative estimate of drug-likeness (QED) is 0.569. The molecule has 0 amide bonds. The van der Waals surface area contributed by atoms with E-state index >= 15 is 0 Å². The van der Waals surface area contributed by atoms with Crippen molar-refractivity contribution >= 4 is 6.16 Å². The van der Waals surface area contributed by atoms with Gasteiger partial charge in [0.25, 0.3) is 0 Å². The molecule has 1 aromatic rings. The number of hydrogen-bond acceptors (Lipinski definition) is 3. The van der Waals surface area contributed by atoms with Crippen LogP contribution in [0, 0.1) is 0 Å². The third kappa shape index (κ3) is 5.24. The molecular weight excluding hydrogens is 252 g/mol. The number of carbonyl (C=O) groups is 1. The van der Waals surface area contributed by atoms with Gasteiger partial charge in [-0.05, 0) is 43.4 Å². The first-order valence-corrected chi connectivity index (χ1v) is 7.15. The molecule has 0 atom stereocenters. The molecule has 0 saturated carbocycles. The predicted octanol–water partition coefficient (Wildman–Crippen LogP) is 5.08. The Kier molecular flexibility index (Phi) is 5.21. The topological polar surface area (TPSA) is 35.5 Å². The first kappa shape index (κ1) is 16.5. The smallest absolute Gasteiger partial charge is 0.428 e. The summed E-state index contributed by atoms with van der Waals surface area (Å²) in [6, 6.07) is 7.57. The Hall–Kier alpha value is -1.51. The van der Waals surface area contributed by atoms with Gasteiger partial charge in [-0.1, -0.05) is 46.2 Å². The maximum atomic E-state index is 11.8. The van der Waals surface area contributed by atoms with Crippen molar-refractivity contribution in [3.63, 3.8) is 0 Å². The van der Waals surface area contributed by atoms with Crippen molar-refractivity contribution in [1.29, 1.82) is 0 Å². The molecule has 0 saturated heterocycles. The van der Waals surface area contributed by atoms with E-state index in [1.807, 2.05) is 32.0 Å². The first-order chi connectivity index (χ1) is 9.14. The molecule has 0 bridgehead atoms. The molecule has 0 aromatic heterocycles. The Morgan fingerprint density at radius 3 is 2.35 bits per heavy atom. The zero-order valence-electron chi connectivity index (χ0n) is 13.4. The third-order valence-corrected chi connectivity index (χ3v) is 3.11. The Bertz CT molecular complexity index is 456. The molecular formula is C17H26O3. The fraction of sp³-hybridized carbons (Fsp3) is 0.588. The number of carbonyl (C=O) groups excluding carboxylic acids is 1. The van der Waals surface area contributed by atoms with Crippen LogP contribution in [0.15, 0.2) is 24.3 Å². The molecule has 1 rings (SSSR count). The average Bonchev–Trinajstić information content (AvgIpc) is 2.26. The van der Waals surface area contributed by atoms with Crippen LogP contribution in [-0.4, -0.2) is 11.8 Å². The van der Waals surface area contributed by atoms with Crippen LogP contribution in [0.4, 0.5) is 4.79 Å². The second-order valence-corrected chi connectivity index (χ2v) is 6.74. The van der Waals surface area contributed by atoms with Gasteiger partial charge in [0.15, 0.2) is 0 Å². The summed E-state index contributed by atoms with van der Waals surface area (Å²) in [7, 11) is 0. The summed E-state index contributed by atoms with van der Waals surface area (Å²) in [5, 5.41) is 0. The molecule has 0 spiro atoms. The molecule has 112 valence electrons. The summed E-state index contributed by atoms with van der Waals surface area (Å²) < 4.78 is 10.6. The lowest BCUT2D eigenvalue weighted by atomic mass is 9.87. The summed E-state index contributed by atoms with van der Waals surface area (Å²) in [6.45, 7) is 12.2. The van der Waals surface area contributed by atoms with Crippen molar-refractivity contribution in [2.45, 2.75) is 65.4 Å². The fourth-order valence-electron chi connectivity index (χ4n) is 2.02. The Morgan fingerprint density at radius 1 is 1.15 bits per heavy atom. The van der Waals surface area contributed by atoms with Crippen molar-refractivity contribution in [3.8, 4) is 5.75 Å². The van der Waals surface area contributed by atoms with Crippen LogP contribution in [0.5, 0.6) is 5.75 Å². The van der Waals surface area contributed by atoms with Crippen LogP contribution in [-0.2, 0) is 10.2 Å². The van der Waals surface area contributed by atoms with Gasteiger partial charge in [-0.2, -0.15) is 0 Å². The molecule has 0 N–H and O–H groups in total. The fourth-order valence-corrected chi connectivity index (χ4v) is 2.02. The molecule has 20 heavy (non-hydrogen) atoms. The van der Waals surface area contributed by atoms with Crippen molar-refractivity contribution < 1.29 is 14.3 Å². The summed E-state index contributed by atoms with van der Waals surface area (Å²) in [4.78, 5) is 11.8. The van der Waals surface area contributed by atoms with Gasteiger partial charge in [-0.25, -0.2) is 4.79 Å². The molecule has 1 aromatic carbocycles. The van der Waals surface area contributed by atoms with E-state index in [9.17, 15) is 4.79 Å². The maximum Gasteiger partial charge on any atom is 0.514 e. The standard InChI is InChI=1S/C17H26O3/c1-7-11-17(5,6)20-15(18)19-14-10-8-9-13(12-14)16(2,3)4/h8-10,12H,7,11H2,1-6H3. The van der Waals surface area contributed by atoms with E-state index < -0.39 is 11.8 Å². The first-order valence-electron chi connectivity index (χ1n) is 7.15. The Balaban J connectivity index is 2.72. The van der Waals surface area contributed by atoms with E-state index in [-0.39, 0.29) is 5.41 Å². The highest BCUT2D eigenvalue weighted by molar-refractivity contribution is 5.64. The molecule has 0 aliphatic rings. The molecule has 0 unspecified atom stereocenters. The van der Waals surface area contributed by atoms with Crippen molar-refractivity contribution in [3.05, 3.63) is 29.8 Å². The van der Waals surface area contributed by atoms with Crippen LogP contribution in [0.3, 0.4) is 0 Å². The lowest BCUT2D eigenvalue weighted by Crippen LogP contribution is -2.29. The molecule has 0 aliphatic carbocycles. The maximum absolute atomic E-state index is 11.8. The lowest BCUT2D eigenvalue weighted by molar-refractivity contribution is 0.00383. The van der Waals surface area contributed by atoms with Crippen LogP contribution in [0.1, 0.15) is 59.9 Å². The number of benzene rings is 1. The highest BCUT2D eigenvalue weighted by Crippen LogP contribution is 2.26. The molecule has 0 aliphatic heterocycles. The van der Waals surface area contributed by atoms with E-state index in [1.165, 1.54) is 0 Å². The average molecular weight is 278 g/mol. The van der Waals surface area contributed by atoms with Gasteiger partial charge in [0.2, 0.25) is 0 Å². The van der Waals surface area contributed by atoms with Crippen LogP contribution in [0.25, 0.3) is 0 Å². The minimum Gasteiger partial charge on any atom is -0.428 e. The normalized spacial score (nSPS) is 12.1. The summed E-state index contributed by atoms with van der Waals surface area (Å²) >= 11 is 0. The molecule has 3 heteroatoms. The van der Waals surface area contributed by atoms with Gasteiger partial charge >= 0.3 is 6.16 Å². The van der Waals surface area contributed by atoms with Crippen molar-refractivity contribution in [1.82, 2.24) is 0 Å². The second-order valence-electron chi connectivity index (χ2n) is 6.74. The minimum atomic E-state index is -0.644. The third-order valence-electron chi connectivity index (χ3n) is 3.11. The Morgan fingerprint density at radius 2 is 1.80 bits per heavy atom. The van der Waals surface area contributed by atoms with Gasteiger partial charge in [0.05, 0.1) is 0 Å². The SMILES string of the molecule is CCCC(C)(C)OC(=O)Oc1cccc(C(C)(C)C)c1. The summed E-state index contributed by atoms with van der Waals surface area (Å²) in [5.41, 5.74) is 0.647. The molecule has 0 heterocycles. The molecule has 0 radical (unpaired) electrons. The van der Waals surface area contributed by atoms with E-state index in [0.29, 0.717) is 5.75 Å². The van der Waals surface area contributed by atoms with Crippen molar-refractivity contribution in [2.24, 2.45) is 0 Å². The van der Waals surface area contributed by atoms with Gasteiger partial charge < -0.3 is 9.47 Å². The summed E-state index contributed by atoms with van der Waals surface area (Å²) in [6.07, 6.45) is 1.12. The summed E-state index contributed by atoms with van der Waals surface area (Å²) in [5.74, 6) is 0.523. The van der Waals surface area contributed by atoms with Gasteiger partial charge in [0, 0.05) is 0 Å². The zero-order valence-corrected chi connectivity index (χ0v) is 13.4. The zero-order chi connectivity index (χ0) is 15.4. The highest BCUT2D eigenvalue weighted by atomic mass is 16.7. The Labute approximate surface area is 122 Å². The number of ether oxygens (including phenoxy) is 2. The van der Waals surface area contributed by atoms with Crippen LogP contribution < -0.4 is 4.74 Å². The highest BCUT2D eigenvalue weighted by Gasteiger charge is 2.23. The second kappa shape index (κ2) is 6.29. The minimum absolute atomic E-state index is 0.0186. The van der Waals surface area contributed by atoms with Gasteiger partial charge in [-0.15, -0.1) is 0 Å². The van der Waals surface area contributed by atoms with Gasteiger partial charge in [-0.3, -0.25) is 0 Å². The van der Waals surface area contributed by atoms with E-state index in [1.54, 1.807) is 6.07 Å². The number of rotatable bonds is 4. The van der Waals surface area contributed by atoms with E-state index in [2.05, 4.69) is 27.7 Å². The van der Waals surface area contributed by atoms with Crippen molar-refractivity contribution in [2.75, 3.05) is 0 Å². The largest absolute Gasteiger partial charge is 0.514 e. The van der Waals surface area contributed by atoms with Crippen LogP contribution in [0.2, 0.25) is 0 Å². The van der Waals surface area contributed by atoms with E-state index in [0.717, 1.165) is 18.4 Å². The lowest BCUT2D eigenvalue weighted by Gasteiger charge is -2.24.